The normalized spacial score (nSPS) is 26.7. The fourth-order valence-electron chi connectivity index (χ4n) is 1.84. The van der Waals surface area contributed by atoms with E-state index in [1.807, 2.05) is 30.3 Å². The number of hydrogen-bond donors (Lipinski definition) is 2. The number of nitrogens with one attached hydrogen (secondary N) is 2. The van der Waals surface area contributed by atoms with Gasteiger partial charge in [0.2, 0.25) is 0 Å². The van der Waals surface area contributed by atoms with Crippen LogP contribution < -0.4 is 10.9 Å². The van der Waals surface area contributed by atoms with E-state index in [0.717, 1.165) is 5.56 Å². The van der Waals surface area contributed by atoms with Crippen LogP contribution in [0.15, 0.2) is 30.3 Å². The molecule has 0 amide bonds. The van der Waals surface area contributed by atoms with Crippen molar-refractivity contribution in [3.63, 3.8) is 0 Å². The summed E-state index contributed by atoms with van der Waals surface area (Å²) in [7, 11) is -3.02. The van der Waals surface area contributed by atoms with E-state index in [9.17, 15) is 8.42 Å². The molecule has 2 N–H and O–H groups in total. The van der Waals surface area contributed by atoms with E-state index >= 15 is 0 Å². The third-order valence-electron chi connectivity index (χ3n) is 2.64. The predicted octanol–water partition coefficient (Wildman–Crippen LogP) is 0.249. The van der Waals surface area contributed by atoms with Gasteiger partial charge in [0, 0.05) is 12.8 Å². The molecule has 1 saturated heterocycles. The molecule has 0 spiro atoms. The second-order valence-electron chi connectivity index (χ2n) is 3.78. The smallest absolute Gasteiger partial charge is 0.153 e. The molecule has 82 valence electrons. The molecule has 0 radical (unpaired) electrons. The Kier molecular flexibility index (Phi) is 2.77. The number of rotatable bonds is 2. The van der Waals surface area contributed by atoms with Gasteiger partial charge in [-0.2, -0.15) is 0 Å². The van der Waals surface area contributed by atoms with E-state index in [-0.39, 0.29) is 11.3 Å². The molecule has 0 aliphatic carbocycles. The first-order valence-corrected chi connectivity index (χ1v) is 6.77. The monoisotopic (exact) mass is 226 g/mol. The summed E-state index contributed by atoms with van der Waals surface area (Å²) in [6, 6.07) is 9.46. The van der Waals surface area contributed by atoms with Crippen LogP contribution in [-0.4, -0.2) is 26.5 Å². The Bertz CT molecular complexity index is 430. The topological polar surface area (TPSA) is 58.2 Å². The average Bonchev–Trinajstić information content (AvgIpc) is 2.67. The summed E-state index contributed by atoms with van der Waals surface area (Å²) < 4.78 is 23.1. The summed E-state index contributed by atoms with van der Waals surface area (Å²) in [5, 5.41) is -0.389. The quantitative estimate of drug-likeness (QED) is 0.759. The Morgan fingerprint density at radius 2 is 1.93 bits per heavy atom. The molecule has 2 atom stereocenters. The first-order valence-electron chi connectivity index (χ1n) is 4.81. The van der Waals surface area contributed by atoms with Crippen molar-refractivity contribution in [3.8, 4) is 0 Å². The maximum Gasteiger partial charge on any atom is 0.153 e. The lowest BCUT2D eigenvalue weighted by molar-refractivity contribution is 0.557. The summed E-state index contributed by atoms with van der Waals surface area (Å²) in [5.41, 5.74) is 6.90. The lowest BCUT2D eigenvalue weighted by atomic mass is 10.1. The second kappa shape index (κ2) is 3.92. The van der Waals surface area contributed by atoms with Crippen LogP contribution in [0.3, 0.4) is 0 Å². The van der Waals surface area contributed by atoms with E-state index in [1.165, 1.54) is 6.26 Å². The molecule has 2 unspecified atom stereocenters. The Labute approximate surface area is 89.6 Å². The van der Waals surface area contributed by atoms with Gasteiger partial charge in [-0.05, 0) is 5.56 Å². The van der Waals surface area contributed by atoms with Crippen LogP contribution in [0, 0.1) is 0 Å². The predicted molar refractivity (Wildman–Crippen MR) is 59.0 cm³/mol. The summed E-state index contributed by atoms with van der Waals surface area (Å²) in [6.45, 7) is 0.457. The van der Waals surface area contributed by atoms with Crippen molar-refractivity contribution in [1.29, 1.82) is 0 Å². The third kappa shape index (κ3) is 2.19. The lowest BCUT2D eigenvalue weighted by Crippen LogP contribution is -2.29. The minimum absolute atomic E-state index is 0.152. The molecular weight excluding hydrogens is 212 g/mol. The van der Waals surface area contributed by atoms with Crippen LogP contribution in [0.2, 0.25) is 0 Å². The lowest BCUT2D eigenvalue weighted by Gasteiger charge is -2.16. The molecular formula is C10H14N2O2S. The molecule has 0 saturated carbocycles. The summed E-state index contributed by atoms with van der Waals surface area (Å²) in [4.78, 5) is 0. The van der Waals surface area contributed by atoms with Crippen molar-refractivity contribution in [2.24, 2.45) is 0 Å². The molecule has 4 nitrogen and oxygen atoms in total. The fourth-order valence-corrected chi connectivity index (χ4v) is 2.94. The molecule has 1 heterocycles. The Morgan fingerprint density at radius 3 is 2.53 bits per heavy atom. The van der Waals surface area contributed by atoms with Crippen molar-refractivity contribution in [2.75, 3.05) is 12.8 Å². The minimum Gasteiger partial charge on any atom is -0.256 e. The van der Waals surface area contributed by atoms with Crippen LogP contribution in [0.4, 0.5) is 0 Å². The SMILES string of the molecule is CS(=O)(=O)C1CNNC1c1ccccc1. The van der Waals surface area contributed by atoms with Crippen LogP contribution in [0.1, 0.15) is 11.6 Å². The standard InChI is InChI=1S/C10H14N2O2S/c1-15(13,14)9-7-11-12-10(9)8-5-3-2-4-6-8/h2-6,9-12H,7H2,1H3. The van der Waals surface area contributed by atoms with Gasteiger partial charge in [0.15, 0.2) is 9.84 Å². The zero-order valence-electron chi connectivity index (χ0n) is 8.47. The second-order valence-corrected chi connectivity index (χ2v) is 6.05. The van der Waals surface area contributed by atoms with Gasteiger partial charge in [-0.1, -0.05) is 30.3 Å². The summed E-state index contributed by atoms with van der Waals surface area (Å²) in [5.74, 6) is 0. The largest absolute Gasteiger partial charge is 0.256 e. The highest BCUT2D eigenvalue weighted by Crippen LogP contribution is 2.23. The van der Waals surface area contributed by atoms with E-state index in [0.29, 0.717) is 6.54 Å². The van der Waals surface area contributed by atoms with Crippen molar-refractivity contribution in [2.45, 2.75) is 11.3 Å². The Morgan fingerprint density at radius 1 is 1.27 bits per heavy atom. The highest BCUT2D eigenvalue weighted by Gasteiger charge is 2.35. The minimum atomic E-state index is -3.02. The highest BCUT2D eigenvalue weighted by atomic mass is 32.2. The van der Waals surface area contributed by atoms with E-state index in [2.05, 4.69) is 10.9 Å². The fraction of sp³-hybridized carbons (Fsp3) is 0.400. The zero-order valence-corrected chi connectivity index (χ0v) is 9.29. The Hall–Kier alpha value is -0.910. The molecule has 15 heavy (non-hydrogen) atoms. The maximum atomic E-state index is 11.5. The van der Waals surface area contributed by atoms with Crippen LogP contribution >= 0.6 is 0 Å². The molecule has 0 aromatic heterocycles. The molecule has 0 bridgehead atoms. The van der Waals surface area contributed by atoms with Crippen LogP contribution in [0.25, 0.3) is 0 Å². The van der Waals surface area contributed by atoms with Gasteiger partial charge in [-0.3, -0.25) is 5.43 Å². The Balaban J connectivity index is 2.30. The van der Waals surface area contributed by atoms with E-state index < -0.39 is 9.84 Å². The maximum absolute atomic E-state index is 11.5. The molecule has 1 fully saturated rings. The first kappa shape index (κ1) is 10.6. The van der Waals surface area contributed by atoms with Gasteiger partial charge >= 0.3 is 0 Å². The third-order valence-corrected chi connectivity index (χ3v) is 4.18. The zero-order chi connectivity index (χ0) is 10.9. The number of hydrogen-bond acceptors (Lipinski definition) is 4. The van der Waals surface area contributed by atoms with Crippen LogP contribution in [-0.2, 0) is 9.84 Å². The van der Waals surface area contributed by atoms with E-state index in [4.69, 9.17) is 0 Å². The molecule has 5 heteroatoms. The van der Waals surface area contributed by atoms with Crippen molar-refractivity contribution < 1.29 is 8.42 Å². The molecule has 1 aliphatic heterocycles. The summed E-state index contributed by atoms with van der Waals surface area (Å²) in [6.07, 6.45) is 1.28. The van der Waals surface area contributed by atoms with Gasteiger partial charge < -0.3 is 0 Å². The number of hydrazine groups is 1. The number of benzene rings is 1. The number of sulfone groups is 1. The summed E-state index contributed by atoms with van der Waals surface area (Å²) >= 11 is 0. The van der Waals surface area contributed by atoms with Crippen molar-refractivity contribution in [3.05, 3.63) is 35.9 Å². The molecule has 1 aromatic rings. The molecule has 1 aliphatic rings. The molecule has 2 rings (SSSR count). The highest BCUT2D eigenvalue weighted by molar-refractivity contribution is 7.91. The van der Waals surface area contributed by atoms with Crippen LogP contribution in [0.5, 0.6) is 0 Å². The van der Waals surface area contributed by atoms with Gasteiger partial charge in [-0.25, -0.2) is 13.8 Å². The van der Waals surface area contributed by atoms with Gasteiger partial charge in [0.1, 0.15) is 0 Å². The van der Waals surface area contributed by atoms with Crippen molar-refractivity contribution in [1.82, 2.24) is 10.9 Å². The van der Waals surface area contributed by atoms with Gasteiger partial charge in [-0.15, -0.1) is 0 Å². The van der Waals surface area contributed by atoms with Gasteiger partial charge in [0.05, 0.1) is 11.3 Å². The first-order chi connectivity index (χ1) is 7.09. The average molecular weight is 226 g/mol. The van der Waals surface area contributed by atoms with Crippen molar-refractivity contribution >= 4 is 9.84 Å². The van der Waals surface area contributed by atoms with E-state index in [1.54, 1.807) is 0 Å². The molecule has 1 aromatic carbocycles. The van der Waals surface area contributed by atoms with Gasteiger partial charge in [0.25, 0.3) is 0 Å².